The summed E-state index contributed by atoms with van der Waals surface area (Å²) in [5.74, 6) is -0.192. The maximum absolute atomic E-state index is 12.6. The molecule has 0 atom stereocenters. The number of halogens is 2. The number of hydrogen-bond acceptors (Lipinski definition) is 3. The van der Waals surface area contributed by atoms with Gasteiger partial charge < -0.3 is 4.90 Å². The van der Waals surface area contributed by atoms with Gasteiger partial charge in [0.2, 0.25) is 15.9 Å². The maximum Gasteiger partial charge on any atom is 0.246 e. The van der Waals surface area contributed by atoms with E-state index in [0.717, 1.165) is 0 Å². The highest BCUT2D eigenvalue weighted by molar-refractivity contribution is 7.89. The summed E-state index contributed by atoms with van der Waals surface area (Å²) in [4.78, 5) is 14.3. The Labute approximate surface area is 168 Å². The summed E-state index contributed by atoms with van der Waals surface area (Å²) in [5.41, 5.74) is 0.655. The highest BCUT2D eigenvalue weighted by Crippen LogP contribution is 2.26. The molecule has 5 nitrogen and oxygen atoms in total. The van der Waals surface area contributed by atoms with E-state index in [2.05, 4.69) is 0 Å². The molecule has 0 spiro atoms. The average Bonchev–Trinajstić information content (AvgIpc) is 2.69. The van der Waals surface area contributed by atoms with E-state index in [9.17, 15) is 13.2 Å². The minimum atomic E-state index is -3.53. The van der Waals surface area contributed by atoms with Crippen molar-refractivity contribution in [2.45, 2.75) is 4.90 Å². The largest absolute Gasteiger partial charge is 0.337 e. The van der Waals surface area contributed by atoms with Crippen molar-refractivity contribution in [3.05, 3.63) is 70.2 Å². The predicted octanol–water partition coefficient (Wildman–Crippen LogP) is 3.54. The highest BCUT2D eigenvalue weighted by Gasteiger charge is 2.29. The van der Waals surface area contributed by atoms with Crippen LogP contribution >= 0.6 is 23.2 Å². The van der Waals surface area contributed by atoms with Crippen molar-refractivity contribution in [1.29, 1.82) is 0 Å². The number of piperazine rings is 1. The molecule has 3 rings (SSSR count). The standard InChI is InChI=1S/C19H18Cl2N2O3S/c20-17-8-4-5-15(19(17)21)9-10-18(24)22-11-13-23(14-12-22)27(25,26)16-6-2-1-3-7-16/h1-10H,11-14H2/b10-9+. The van der Waals surface area contributed by atoms with E-state index < -0.39 is 10.0 Å². The number of rotatable bonds is 4. The van der Waals surface area contributed by atoms with Crippen LogP contribution in [0.25, 0.3) is 6.08 Å². The zero-order valence-corrected chi connectivity index (χ0v) is 16.7. The normalized spacial score (nSPS) is 16.0. The summed E-state index contributed by atoms with van der Waals surface area (Å²) >= 11 is 12.1. The Morgan fingerprint density at radius 1 is 0.926 bits per heavy atom. The van der Waals surface area contributed by atoms with Gasteiger partial charge in [0, 0.05) is 32.3 Å². The predicted molar refractivity (Wildman–Crippen MR) is 107 cm³/mol. The van der Waals surface area contributed by atoms with Crippen LogP contribution in [-0.2, 0) is 14.8 Å². The highest BCUT2D eigenvalue weighted by atomic mass is 35.5. The van der Waals surface area contributed by atoms with Crippen LogP contribution in [0.1, 0.15) is 5.56 Å². The zero-order chi connectivity index (χ0) is 19.4. The van der Waals surface area contributed by atoms with Crippen LogP contribution in [0.4, 0.5) is 0 Å². The molecule has 0 N–H and O–H groups in total. The number of carbonyl (C=O) groups excluding carboxylic acids is 1. The lowest BCUT2D eigenvalue weighted by atomic mass is 10.2. The van der Waals surface area contributed by atoms with E-state index in [0.29, 0.717) is 28.7 Å². The van der Waals surface area contributed by atoms with Crippen LogP contribution in [-0.4, -0.2) is 49.7 Å². The van der Waals surface area contributed by atoms with Crippen molar-refractivity contribution < 1.29 is 13.2 Å². The van der Waals surface area contributed by atoms with Gasteiger partial charge in [-0.3, -0.25) is 4.79 Å². The first-order chi connectivity index (χ1) is 12.9. The first-order valence-corrected chi connectivity index (χ1v) is 10.6. The molecule has 1 amide bonds. The Balaban J connectivity index is 1.63. The molecule has 1 aliphatic heterocycles. The minimum absolute atomic E-state index is 0.192. The summed E-state index contributed by atoms with van der Waals surface area (Å²) < 4.78 is 26.7. The van der Waals surface area contributed by atoms with Crippen LogP contribution in [0.15, 0.2) is 59.5 Å². The fourth-order valence-corrected chi connectivity index (χ4v) is 4.62. The van der Waals surface area contributed by atoms with Crippen molar-refractivity contribution in [1.82, 2.24) is 9.21 Å². The molecule has 0 aromatic heterocycles. The molecule has 0 aliphatic carbocycles. The molecule has 8 heteroatoms. The first kappa shape index (κ1) is 19.9. The van der Waals surface area contributed by atoms with Crippen LogP contribution in [0.5, 0.6) is 0 Å². The number of benzene rings is 2. The van der Waals surface area contributed by atoms with Crippen LogP contribution in [0.3, 0.4) is 0 Å². The Bertz CT molecular complexity index is 954. The van der Waals surface area contributed by atoms with Crippen LogP contribution in [0, 0.1) is 0 Å². The van der Waals surface area contributed by atoms with E-state index >= 15 is 0 Å². The van der Waals surface area contributed by atoms with E-state index in [4.69, 9.17) is 23.2 Å². The second-order valence-electron chi connectivity index (χ2n) is 6.02. The molecule has 1 aliphatic rings. The van der Waals surface area contributed by atoms with Gasteiger partial charge in [-0.05, 0) is 29.8 Å². The monoisotopic (exact) mass is 424 g/mol. The van der Waals surface area contributed by atoms with Crippen molar-refractivity contribution >= 4 is 45.2 Å². The molecular formula is C19H18Cl2N2O3S. The molecular weight excluding hydrogens is 407 g/mol. The summed E-state index contributed by atoms with van der Waals surface area (Å²) in [5, 5.41) is 0.813. The molecule has 1 saturated heterocycles. The molecule has 142 valence electrons. The van der Waals surface area contributed by atoms with Gasteiger partial charge in [-0.1, -0.05) is 53.5 Å². The van der Waals surface area contributed by atoms with Gasteiger partial charge in [-0.15, -0.1) is 0 Å². The van der Waals surface area contributed by atoms with Crippen LogP contribution in [0.2, 0.25) is 10.0 Å². The van der Waals surface area contributed by atoms with E-state index in [1.165, 1.54) is 10.4 Å². The third-order valence-corrected chi connectivity index (χ3v) is 7.06. The quantitative estimate of drug-likeness (QED) is 0.705. The van der Waals surface area contributed by atoms with Gasteiger partial charge in [0.05, 0.1) is 14.9 Å². The van der Waals surface area contributed by atoms with Gasteiger partial charge in [0.15, 0.2) is 0 Å². The van der Waals surface area contributed by atoms with Gasteiger partial charge >= 0.3 is 0 Å². The fourth-order valence-electron chi connectivity index (χ4n) is 2.81. The number of amides is 1. The molecule has 1 heterocycles. The molecule has 0 unspecified atom stereocenters. The molecule has 0 radical (unpaired) electrons. The third-order valence-electron chi connectivity index (χ3n) is 4.32. The number of hydrogen-bond donors (Lipinski definition) is 0. The molecule has 1 fully saturated rings. The molecule has 0 saturated carbocycles. The number of nitrogens with zero attached hydrogens (tertiary/aromatic N) is 2. The Morgan fingerprint density at radius 3 is 2.26 bits per heavy atom. The van der Waals surface area contributed by atoms with Gasteiger partial charge in [0.1, 0.15) is 0 Å². The van der Waals surface area contributed by atoms with Gasteiger partial charge in [0.25, 0.3) is 0 Å². The van der Waals surface area contributed by atoms with Gasteiger partial charge in [-0.25, -0.2) is 8.42 Å². The summed E-state index contributed by atoms with van der Waals surface area (Å²) in [6.45, 7) is 1.18. The fraction of sp³-hybridized carbons (Fsp3) is 0.211. The Kier molecular flexibility index (Phi) is 6.22. The number of sulfonamides is 1. The molecule has 2 aromatic carbocycles. The zero-order valence-electron chi connectivity index (χ0n) is 14.4. The molecule has 0 bridgehead atoms. The maximum atomic E-state index is 12.6. The summed E-state index contributed by atoms with van der Waals surface area (Å²) in [6.07, 6.45) is 3.04. The minimum Gasteiger partial charge on any atom is -0.337 e. The van der Waals surface area contributed by atoms with Crippen molar-refractivity contribution in [3.63, 3.8) is 0 Å². The smallest absolute Gasteiger partial charge is 0.246 e. The first-order valence-electron chi connectivity index (χ1n) is 8.36. The van der Waals surface area contributed by atoms with Crippen LogP contribution < -0.4 is 0 Å². The lowest BCUT2D eigenvalue weighted by molar-refractivity contribution is -0.127. The van der Waals surface area contributed by atoms with Gasteiger partial charge in [-0.2, -0.15) is 4.31 Å². The summed E-state index contributed by atoms with van der Waals surface area (Å²) in [6, 6.07) is 13.5. The van der Waals surface area contributed by atoms with E-state index in [-0.39, 0.29) is 23.9 Å². The topological polar surface area (TPSA) is 57.7 Å². The van der Waals surface area contributed by atoms with E-state index in [1.807, 2.05) is 0 Å². The molecule has 27 heavy (non-hydrogen) atoms. The van der Waals surface area contributed by atoms with Crippen molar-refractivity contribution in [3.8, 4) is 0 Å². The number of carbonyl (C=O) groups is 1. The van der Waals surface area contributed by atoms with Crippen molar-refractivity contribution in [2.24, 2.45) is 0 Å². The summed E-state index contributed by atoms with van der Waals surface area (Å²) in [7, 11) is -3.53. The molecule has 2 aromatic rings. The lowest BCUT2D eigenvalue weighted by Gasteiger charge is -2.33. The second kappa shape index (κ2) is 8.44. The van der Waals surface area contributed by atoms with E-state index in [1.54, 1.807) is 59.5 Å². The SMILES string of the molecule is O=C(/C=C/c1cccc(Cl)c1Cl)N1CCN(S(=O)(=O)c2ccccc2)CC1. The third kappa shape index (κ3) is 4.52. The average molecular weight is 425 g/mol. The second-order valence-corrected chi connectivity index (χ2v) is 8.74. The lowest BCUT2D eigenvalue weighted by Crippen LogP contribution is -2.50. The Hall–Kier alpha value is -1.86. The Morgan fingerprint density at radius 2 is 1.59 bits per heavy atom. The van der Waals surface area contributed by atoms with Crippen molar-refractivity contribution in [2.75, 3.05) is 26.2 Å².